The maximum atomic E-state index is 11.1. The zero-order chi connectivity index (χ0) is 13.1. The van der Waals surface area contributed by atoms with Crippen LogP contribution < -0.4 is 16.4 Å². The maximum Gasteiger partial charge on any atom is 0.234 e. The van der Waals surface area contributed by atoms with Crippen LogP contribution in [0.4, 0.5) is 11.4 Å². The van der Waals surface area contributed by atoms with E-state index in [0.717, 1.165) is 31.9 Å². The lowest BCUT2D eigenvalue weighted by Gasteiger charge is -2.38. The Balaban J connectivity index is 1.94. The number of nitrogen functional groups attached to an aromatic ring is 1. The summed E-state index contributed by atoms with van der Waals surface area (Å²) in [4.78, 5) is 15.6. The minimum atomic E-state index is -0.254. The molecule has 1 aliphatic rings. The highest BCUT2D eigenvalue weighted by atomic mass is 16.1. The van der Waals surface area contributed by atoms with Gasteiger partial charge in [0.1, 0.15) is 0 Å². The lowest BCUT2D eigenvalue weighted by atomic mass is 10.2. The summed E-state index contributed by atoms with van der Waals surface area (Å²) in [5.41, 5.74) is 12.9. The number of nitrogens with two attached hydrogens (primary N) is 2. The first-order valence-corrected chi connectivity index (χ1v) is 6.22. The van der Waals surface area contributed by atoms with Gasteiger partial charge in [0.25, 0.3) is 0 Å². The molecule has 1 amide bonds. The second-order valence-electron chi connectivity index (χ2n) is 4.69. The summed E-state index contributed by atoms with van der Waals surface area (Å²) < 4.78 is 0. The summed E-state index contributed by atoms with van der Waals surface area (Å²) in [7, 11) is 0. The molecule has 1 unspecified atom stereocenters. The van der Waals surface area contributed by atoms with Gasteiger partial charge in [-0.15, -0.1) is 0 Å². The summed E-state index contributed by atoms with van der Waals surface area (Å²) in [6, 6.07) is 7.70. The summed E-state index contributed by atoms with van der Waals surface area (Å²) in [6.45, 7) is 5.38. The van der Waals surface area contributed by atoms with Gasteiger partial charge >= 0.3 is 0 Å². The van der Waals surface area contributed by atoms with Crippen LogP contribution in [0.15, 0.2) is 24.3 Å². The van der Waals surface area contributed by atoms with Crippen LogP contribution >= 0.6 is 0 Å². The van der Waals surface area contributed by atoms with E-state index in [4.69, 9.17) is 11.5 Å². The number of nitrogens with zero attached hydrogens (tertiary/aromatic N) is 2. The van der Waals surface area contributed by atoms with Crippen LogP contribution in [0.5, 0.6) is 0 Å². The van der Waals surface area contributed by atoms with Gasteiger partial charge in [-0.1, -0.05) is 0 Å². The Hall–Kier alpha value is -1.75. The van der Waals surface area contributed by atoms with E-state index in [9.17, 15) is 4.79 Å². The molecule has 1 aromatic carbocycles. The number of anilines is 2. The molecule has 1 atom stereocenters. The molecule has 5 heteroatoms. The van der Waals surface area contributed by atoms with E-state index in [-0.39, 0.29) is 11.9 Å². The van der Waals surface area contributed by atoms with Gasteiger partial charge in [-0.3, -0.25) is 9.69 Å². The number of piperazine rings is 1. The van der Waals surface area contributed by atoms with Crippen molar-refractivity contribution in [1.82, 2.24) is 4.90 Å². The van der Waals surface area contributed by atoms with Crippen LogP contribution in [-0.4, -0.2) is 43.0 Å². The van der Waals surface area contributed by atoms with Gasteiger partial charge in [0.2, 0.25) is 5.91 Å². The van der Waals surface area contributed by atoms with E-state index < -0.39 is 0 Å². The number of primary amides is 1. The van der Waals surface area contributed by atoms with Crippen molar-refractivity contribution in [2.75, 3.05) is 36.8 Å². The number of rotatable bonds is 3. The summed E-state index contributed by atoms with van der Waals surface area (Å²) >= 11 is 0. The van der Waals surface area contributed by atoms with Gasteiger partial charge in [0, 0.05) is 37.6 Å². The minimum Gasteiger partial charge on any atom is -0.399 e. The fourth-order valence-electron chi connectivity index (χ4n) is 2.23. The number of amides is 1. The van der Waals surface area contributed by atoms with Crippen LogP contribution in [0.1, 0.15) is 6.92 Å². The van der Waals surface area contributed by atoms with Crippen molar-refractivity contribution in [3.63, 3.8) is 0 Å². The van der Waals surface area contributed by atoms with Gasteiger partial charge in [-0.05, 0) is 31.2 Å². The second-order valence-corrected chi connectivity index (χ2v) is 4.69. The third-order valence-corrected chi connectivity index (χ3v) is 3.53. The Morgan fingerprint density at radius 2 is 1.72 bits per heavy atom. The Morgan fingerprint density at radius 1 is 1.17 bits per heavy atom. The molecule has 2 rings (SSSR count). The van der Waals surface area contributed by atoms with Crippen molar-refractivity contribution in [3.05, 3.63) is 24.3 Å². The van der Waals surface area contributed by atoms with Crippen molar-refractivity contribution >= 4 is 17.3 Å². The lowest BCUT2D eigenvalue weighted by molar-refractivity contribution is -0.122. The summed E-state index contributed by atoms with van der Waals surface area (Å²) in [5.74, 6) is -0.254. The van der Waals surface area contributed by atoms with Crippen molar-refractivity contribution in [2.24, 2.45) is 5.73 Å². The standard InChI is InChI=1S/C13H20N4O/c1-10(13(15)18)16-6-8-17(9-7-16)12-4-2-11(14)3-5-12/h2-5,10H,6-9,14H2,1H3,(H2,15,18). The zero-order valence-corrected chi connectivity index (χ0v) is 10.7. The smallest absolute Gasteiger partial charge is 0.234 e. The van der Waals surface area contributed by atoms with Gasteiger partial charge in [0.15, 0.2) is 0 Å². The van der Waals surface area contributed by atoms with Crippen LogP contribution in [0.25, 0.3) is 0 Å². The molecular formula is C13H20N4O. The predicted molar refractivity (Wildman–Crippen MR) is 73.3 cm³/mol. The van der Waals surface area contributed by atoms with Crippen molar-refractivity contribution in [1.29, 1.82) is 0 Å². The molecule has 0 saturated carbocycles. The average Bonchev–Trinajstić information content (AvgIpc) is 2.39. The molecule has 0 radical (unpaired) electrons. The molecule has 1 aliphatic heterocycles. The first-order chi connectivity index (χ1) is 8.58. The molecule has 4 N–H and O–H groups in total. The molecule has 18 heavy (non-hydrogen) atoms. The molecular weight excluding hydrogens is 228 g/mol. The Kier molecular flexibility index (Phi) is 3.72. The average molecular weight is 248 g/mol. The molecule has 98 valence electrons. The van der Waals surface area contributed by atoms with Crippen molar-refractivity contribution < 1.29 is 4.79 Å². The Bertz CT molecular complexity index is 410. The largest absolute Gasteiger partial charge is 0.399 e. The first-order valence-electron chi connectivity index (χ1n) is 6.22. The first kappa shape index (κ1) is 12.7. The number of hydrogen-bond donors (Lipinski definition) is 2. The molecule has 5 nitrogen and oxygen atoms in total. The topological polar surface area (TPSA) is 75.6 Å². The second kappa shape index (κ2) is 5.27. The van der Waals surface area contributed by atoms with Gasteiger partial charge in [0.05, 0.1) is 6.04 Å². The fraction of sp³-hybridized carbons (Fsp3) is 0.462. The minimum absolute atomic E-state index is 0.182. The highest BCUT2D eigenvalue weighted by Crippen LogP contribution is 2.18. The highest BCUT2D eigenvalue weighted by molar-refractivity contribution is 5.79. The molecule has 0 bridgehead atoms. The van der Waals surface area contributed by atoms with E-state index in [1.165, 1.54) is 5.69 Å². The highest BCUT2D eigenvalue weighted by Gasteiger charge is 2.23. The Labute approximate surface area is 107 Å². The van der Waals surface area contributed by atoms with Gasteiger partial charge in [-0.25, -0.2) is 0 Å². The molecule has 1 fully saturated rings. The molecule has 0 aliphatic carbocycles. The van der Waals surface area contributed by atoms with Crippen LogP contribution in [0.3, 0.4) is 0 Å². The number of carbonyl (C=O) groups is 1. The molecule has 1 aromatic rings. The Morgan fingerprint density at radius 3 is 2.22 bits per heavy atom. The summed E-state index contributed by atoms with van der Waals surface area (Å²) in [6.07, 6.45) is 0. The zero-order valence-electron chi connectivity index (χ0n) is 10.7. The molecule has 0 spiro atoms. The quantitative estimate of drug-likeness (QED) is 0.753. The molecule has 1 saturated heterocycles. The normalized spacial score (nSPS) is 18.6. The SMILES string of the molecule is CC(C(N)=O)N1CCN(c2ccc(N)cc2)CC1. The van der Waals surface area contributed by atoms with E-state index >= 15 is 0 Å². The van der Waals surface area contributed by atoms with E-state index in [2.05, 4.69) is 9.80 Å². The van der Waals surface area contributed by atoms with Crippen molar-refractivity contribution in [3.8, 4) is 0 Å². The molecule has 1 heterocycles. The molecule has 0 aromatic heterocycles. The lowest BCUT2D eigenvalue weighted by Crippen LogP contribution is -2.53. The van der Waals surface area contributed by atoms with Gasteiger partial charge in [-0.2, -0.15) is 0 Å². The number of benzene rings is 1. The summed E-state index contributed by atoms with van der Waals surface area (Å²) in [5, 5.41) is 0. The van der Waals surface area contributed by atoms with E-state index in [1.54, 1.807) is 0 Å². The number of hydrogen-bond acceptors (Lipinski definition) is 4. The fourth-order valence-corrected chi connectivity index (χ4v) is 2.23. The maximum absolute atomic E-state index is 11.1. The third-order valence-electron chi connectivity index (χ3n) is 3.53. The van der Waals surface area contributed by atoms with Crippen LogP contribution in [-0.2, 0) is 4.79 Å². The van der Waals surface area contributed by atoms with E-state index in [1.807, 2.05) is 31.2 Å². The van der Waals surface area contributed by atoms with Gasteiger partial charge < -0.3 is 16.4 Å². The van der Waals surface area contributed by atoms with Crippen LogP contribution in [0.2, 0.25) is 0 Å². The monoisotopic (exact) mass is 248 g/mol. The predicted octanol–water partition coefficient (Wildman–Crippen LogP) is 0.265. The van der Waals surface area contributed by atoms with Crippen molar-refractivity contribution in [2.45, 2.75) is 13.0 Å². The number of carbonyl (C=O) groups excluding carboxylic acids is 1. The van der Waals surface area contributed by atoms with Crippen LogP contribution in [0, 0.1) is 0 Å². The third kappa shape index (κ3) is 2.73. The van der Waals surface area contributed by atoms with E-state index in [0.29, 0.717) is 0 Å².